The topological polar surface area (TPSA) is 41.0 Å². The first kappa shape index (κ1) is 8.23. The molecule has 0 atom stereocenters. The molecular weight excluding hydrogens is 162 g/mol. The van der Waals surface area contributed by atoms with Gasteiger partial charge >= 0.3 is 0 Å². The van der Waals surface area contributed by atoms with Crippen molar-refractivity contribution in [2.45, 2.75) is 20.8 Å². The van der Waals surface area contributed by atoms with Crippen LogP contribution in [0.5, 0.6) is 0 Å². The predicted octanol–water partition coefficient (Wildman–Crippen LogP) is 2.56. The van der Waals surface area contributed by atoms with E-state index < -0.39 is 0 Å². The van der Waals surface area contributed by atoms with Crippen LogP contribution in [0.1, 0.15) is 26.5 Å². The quantitative estimate of drug-likeness (QED) is 0.646. The van der Waals surface area contributed by atoms with Gasteiger partial charge in [-0.05, 0) is 12.5 Å². The summed E-state index contributed by atoms with van der Waals surface area (Å²) in [5, 5.41) is 0. The molecule has 1 aromatic rings. The number of nitrogens with zero attached hydrogens (tertiary/aromatic N) is 2. The summed E-state index contributed by atoms with van der Waals surface area (Å²) in [5.41, 5.74) is 2.25. The lowest BCUT2D eigenvalue weighted by molar-refractivity contribution is 0.696. The highest BCUT2D eigenvalue weighted by Gasteiger charge is 2.18. The third-order valence-electron chi connectivity index (χ3n) is 2.12. The first-order chi connectivity index (χ1) is 6.08. The molecule has 0 saturated heterocycles. The Morgan fingerprint density at radius 3 is 2.92 bits per heavy atom. The molecule has 1 aliphatic heterocycles. The van der Waals surface area contributed by atoms with Crippen LogP contribution in [0, 0.1) is 5.41 Å². The Balaban J connectivity index is 2.58. The zero-order valence-electron chi connectivity index (χ0n) is 8.13. The number of aromatic amines is 1. The minimum Gasteiger partial charge on any atom is -0.343 e. The number of hydrogen-bond donors (Lipinski definition) is 1. The van der Waals surface area contributed by atoms with Gasteiger partial charge in [0.2, 0.25) is 0 Å². The molecule has 0 spiro atoms. The molecule has 1 N–H and O–H groups in total. The van der Waals surface area contributed by atoms with Gasteiger partial charge in [-0.15, -0.1) is 0 Å². The summed E-state index contributed by atoms with van der Waals surface area (Å²) < 4.78 is 0. The third kappa shape index (κ3) is 1.41. The lowest BCUT2D eigenvalue weighted by atomic mass is 9.93. The number of nitrogens with one attached hydrogen (secondary N) is 1. The number of aliphatic imine (C=N–C) groups is 1. The van der Waals surface area contributed by atoms with E-state index in [1.807, 2.05) is 6.21 Å². The minimum atomic E-state index is 0.0195. The fraction of sp³-hybridized carbons (Fsp3) is 0.400. The van der Waals surface area contributed by atoms with Gasteiger partial charge in [0.05, 0.1) is 12.0 Å². The molecule has 0 aliphatic carbocycles. The molecule has 0 unspecified atom stereocenters. The maximum Gasteiger partial charge on any atom is 0.177 e. The fourth-order valence-corrected chi connectivity index (χ4v) is 1.57. The summed E-state index contributed by atoms with van der Waals surface area (Å²) in [4.78, 5) is 11.6. The van der Waals surface area contributed by atoms with Crippen molar-refractivity contribution in [3.05, 3.63) is 18.1 Å². The van der Waals surface area contributed by atoms with Gasteiger partial charge in [0.15, 0.2) is 5.82 Å². The van der Waals surface area contributed by atoms with E-state index in [4.69, 9.17) is 0 Å². The Kier molecular flexibility index (Phi) is 1.62. The maximum atomic E-state index is 4.33. The molecule has 68 valence electrons. The Morgan fingerprint density at radius 2 is 2.15 bits per heavy atom. The third-order valence-corrected chi connectivity index (χ3v) is 2.12. The highest BCUT2D eigenvalue weighted by Crippen LogP contribution is 2.30. The number of aromatic nitrogens is 2. The number of imidazole rings is 1. The van der Waals surface area contributed by atoms with E-state index in [2.05, 4.69) is 41.8 Å². The normalized spacial score (nSPS) is 19.2. The average Bonchev–Trinajstić information content (AvgIpc) is 2.43. The van der Waals surface area contributed by atoms with Crippen molar-refractivity contribution in [3.8, 4) is 0 Å². The van der Waals surface area contributed by atoms with Crippen LogP contribution in [0.4, 0.5) is 5.82 Å². The van der Waals surface area contributed by atoms with E-state index in [1.165, 1.54) is 5.57 Å². The summed E-state index contributed by atoms with van der Waals surface area (Å²) in [5.74, 6) is 0.791. The van der Waals surface area contributed by atoms with E-state index in [-0.39, 0.29) is 5.41 Å². The van der Waals surface area contributed by atoms with Gasteiger partial charge in [0, 0.05) is 11.6 Å². The van der Waals surface area contributed by atoms with E-state index in [0.717, 1.165) is 11.5 Å². The number of H-pyrrole nitrogens is 1. The van der Waals surface area contributed by atoms with Crippen LogP contribution in [0.3, 0.4) is 0 Å². The highest BCUT2D eigenvalue weighted by molar-refractivity contribution is 5.81. The van der Waals surface area contributed by atoms with Crippen molar-refractivity contribution in [2.24, 2.45) is 10.4 Å². The maximum absolute atomic E-state index is 4.33. The van der Waals surface area contributed by atoms with Crippen molar-refractivity contribution >= 4 is 17.6 Å². The molecule has 3 nitrogen and oxygen atoms in total. The first-order valence-corrected chi connectivity index (χ1v) is 4.37. The average molecular weight is 175 g/mol. The summed E-state index contributed by atoms with van der Waals surface area (Å²) in [7, 11) is 0. The van der Waals surface area contributed by atoms with Crippen LogP contribution in [0.2, 0.25) is 0 Å². The molecule has 13 heavy (non-hydrogen) atoms. The molecule has 0 saturated carbocycles. The van der Waals surface area contributed by atoms with E-state index in [1.54, 1.807) is 6.33 Å². The van der Waals surface area contributed by atoms with E-state index in [9.17, 15) is 0 Å². The van der Waals surface area contributed by atoms with Crippen molar-refractivity contribution in [1.82, 2.24) is 9.97 Å². The molecule has 0 amide bonds. The Bertz CT molecular complexity index is 383. The van der Waals surface area contributed by atoms with Crippen LogP contribution in [-0.4, -0.2) is 16.2 Å². The molecule has 0 radical (unpaired) electrons. The van der Waals surface area contributed by atoms with E-state index >= 15 is 0 Å². The lowest BCUT2D eigenvalue weighted by Gasteiger charge is -2.12. The Labute approximate surface area is 77.6 Å². The van der Waals surface area contributed by atoms with Gasteiger partial charge in [-0.1, -0.05) is 19.9 Å². The van der Waals surface area contributed by atoms with E-state index in [0.29, 0.717) is 0 Å². The molecule has 3 heteroatoms. The zero-order chi connectivity index (χ0) is 9.47. The van der Waals surface area contributed by atoms with Gasteiger partial charge in [-0.2, -0.15) is 0 Å². The Hall–Kier alpha value is -1.38. The standard InChI is InChI=1S/C10H13N3/c1-7-4-10(2,3)5-11-9-8(7)12-6-13-9/h4-6H,1-3H3,(H,12,13). The number of hydrogen-bond acceptors (Lipinski definition) is 2. The SMILES string of the molecule is CC1=CC(C)(C)C=Nc2nc[nH]c21. The molecule has 1 aromatic heterocycles. The summed E-state index contributed by atoms with van der Waals surface area (Å²) in [6.07, 6.45) is 5.81. The van der Waals surface area contributed by atoms with Crippen LogP contribution < -0.4 is 0 Å². The molecule has 0 aromatic carbocycles. The molecular formula is C10H13N3. The summed E-state index contributed by atoms with van der Waals surface area (Å²) in [6, 6.07) is 0. The Morgan fingerprint density at radius 1 is 1.38 bits per heavy atom. The van der Waals surface area contributed by atoms with Crippen LogP contribution in [-0.2, 0) is 0 Å². The smallest absolute Gasteiger partial charge is 0.177 e. The van der Waals surface area contributed by atoms with Crippen molar-refractivity contribution in [2.75, 3.05) is 0 Å². The van der Waals surface area contributed by atoms with Crippen LogP contribution in [0.25, 0.3) is 5.57 Å². The minimum absolute atomic E-state index is 0.0195. The number of fused-ring (bicyclic) bond motifs is 1. The zero-order valence-corrected chi connectivity index (χ0v) is 8.13. The second-order valence-electron chi connectivity index (χ2n) is 4.01. The summed E-state index contributed by atoms with van der Waals surface area (Å²) >= 11 is 0. The number of allylic oxidation sites excluding steroid dienone is 2. The van der Waals surface area contributed by atoms with Crippen LogP contribution in [0.15, 0.2) is 17.4 Å². The van der Waals surface area contributed by atoms with Gasteiger partial charge in [-0.25, -0.2) is 9.98 Å². The van der Waals surface area contributed by atoms with Gasteiger partial charge in [0.25, 0.3) is 0 Å². The molecule has 2 rings (SSSR count). The van der Waals surface area contributed by atoms with Crippen molar-refractivity contribution in [3.63, 3.8) is 0 Å². The van der Waals surface area contributed by atoms with Gasteiger partial charge in [0.1, 0.15) is 0 Å². The summed E-state index contributed by atoms with van der Waals surface area (Å²) in [6.45, 7) is 6.34. The van der Waals surface area contributed by atoms with Crippen molar-refractivity contribution < 1.29 is 0 Å². The fourth-order valence-electron chi connectivity index (χ4n) is 1.57. The molecule has 2 heterocycles. The van der Waals surface area contributed by atoms with Crippen molar-refractivity contribution in [1.29, 1.82) is 0 Å². The second kappa shape index (κ2) is 2.55. The molecule has 1 aliphatic rings. The number of rotatable bonds is 0. The predicted molar refractivity (Wildman–Crippen MR) is 54.2 cm³/mol. The second-order valence-corrected chi connectivity index (χ2v) is 4.01. The van der Waals surface area contributed by atoms with Gasteiger partial charge in [-0.3, -0.25) is 0 Å². The van der Waals surface area contributed by atoms with Crippen LogP contribution >= 0.6 is 0 Å². The molecule has 0 fully saturated rings. The largest absolute Gasteiger partial charge is 0.343 e. The highest BCUT2D eigenvalue weighted by atomic mass is 15.0. The first-order valence-electron chi connectivity index (χ1n) is 4.37. The monoisotopic (exact) mass is 175 g/mol. The molecule has 0 bridgehead atoms. The van der Waals surface area contributed by atoms with Gasteiger partial charge < -0.3 is 4.98 Å². The lowest BCUT2D eigenvalue weighted by Crippen LogP contribution is -2.08.